The van der Waals surface area contributed by atoms with Gasteiger partial charge in [-0.05, 0) is 31.5 Å². The van der Waals surface area contributed by atoms with E-state index in [1.54, 1.807) is 32.4 Å². The Bertz CT molecular complexity index is 365. The highest BCUT2D eigenvalue weighted by molar-refractivity contribution is 5.41. The number of aliphatic hydroxyl groups is 1. The molecule has 102 valence electrons. The van der Waals surface area contributed by atoms with Gasteiger partial charge in [0.2, 0.25) is 0 Å². The third-order valence-corrected chi connectivity index (χ3v) is 2.91. The molecule has 2 unspecified atom stereocenters. The molecule has 0 amide bonds. The third-order valence-electron chi connectivity index (χ3n) is 2.91. The molecule has 0 aliphatic carbocycles. The number of hydrogen-bond donors (Lipinski definition) is 1. The molecule has 0 fully saturated rings. The molecule has 0 aliphatic rings. The van der Waals surface area contributed by atoms with Crippen molar-refractivity contribution in [1.82, 2.24) is 0 Å². The van der Waals surface area contributed by atoms with Crippen molar-refractivity contribution in [3.8, 4) is 11.5 Å². The first-order valence-electron chi connectivity index (χ1n) is 6.13. The fraction of sp³-hybridized carbons (Fsp3) is 0.571. The Morgan fingerprint density at radius 2 is 1.94 bits per heavy atom. The maximum absolute atomic E-state index is 10.1. The average Bonchev–Trinajstić information content (AvgIpc) is 2.43. The second-order valence-corrected chi connectivity index (χ2v) is 4.18. The van der Waals surface area contributed by atoms with E-state index in [1.165, 1.54) is 0 Å². The molecule has 1 rings (SSSR count). The number of rotatable bonds is 7. The van der Waals surface area contributed by atoms with E-state index in [0.29, 0.717) is 17.1 Å². The molecule has 18 heavy (non-hydrogen) atoms. The van der Waals surface area contributed by atoms with Crippen LogP contribution in [0.25, 0.3) is 0 Å². The van der Waals surface area contributed by atoms with Crippen molar-refractivity contribution in [1.29, 1.82) is 0 Å². The van der Waals surface area contributed by atoms with Crippen LogP contribution in [0.5, 0.6) is 11.5 Å². The summed E-state index contributed by atoms with van der Waals surface area (Å²) in [7, 11) is 3.17. The highest BCUT2D eigenvalue weighted by atomic mass is 16.5. The summed E-state index contributed by atoms with van der Waals surface area (Å²) in [6.45, 7) is 4.28. The minimum atomic E-state index is -0.718. The molecule has 0 saturated carbocycles. The normalized spacial score (nSPS) is 14.1. The van der Waals surface area contributed by atoms with E-state index in [-0.39, 0.29) is 12.7 Å². The molecular weight excluding hydrogens is 232 g/mol. The van der Waals surface area contributed by atoms with Gasteiger partial charge in [0.15, 0.2) is 0 Å². The lowest BCUT2D eigenvalue weighted by Crippen LogP contribution is -2.14. The lowest BCUT2D eigenvalue weighted by atomic mass is 10.1. The molecule has 1 aromatic rings. The number of ether oxygens (including phenoxy) is 3. The van der Waals surface area contributed by atoms with Gasteiger partial charge in [-0.2, -0.15) is 0 Å². The first-order chi connectivity index (χ1) is 8.62. The van der Waals surface area contributed by atoms with E-state index in [2.05, 4.69) is 0 Å². The van der Waals surface area contributed by atoms with Crippen LogP contribution in [0.15, 0.2) is 18.2 Å². The Morgan fingerprint density at radius 1 is 1.22 bits per heavy atom. The summed E-state index contributed by atoms with van der Waals surface area (Å²) < 4.78 is 15.9. The predicted octanol–water partition coefficient (Wildman–Crippen LogP) is 2.55. The molecule has 4 nitrogen and oxygen atoms in total. The molecule has 0 spiro atoms. The first-order valence-corrected chi connectivity index (χ1v) is 6.13. The molecule has 2 atom stereocenters. The number of methoxy groups -OCH3 is 2. The maximum atomic E-state index is 10.1. The van der Waals surface area contributed by atoms with Crippen LogP contribution in [-0.4, -0.2) is 32.0 Å². The fourth-order valence-electron chi connectivity index (χ4n) is 1.56. The largest absolute Gasteiger partial charge is 0.497 e. The van der Waals surface area contributed by atoms with E-state index in [4.69, 9.17) is 14.2 Å². The van der Waals surface area contributed by atoms with Crippen molar-refractivity contribution in [2.45, 2.75) is 32.5 Å². The highest BCUT2D eigenvalue weighted by Gasteiger charge is 2.15. The van der Waals surface area contributed by atoms with Crippen LogP contribution < -0.4 is 9.47 Å². The Hall–Kier alpha value is -1.26. The zero-order chi connectivity index (χ0) is 13.5. The number of aliphatic hydroxyl groups excluding tert-OH is 1. The Morgan fingerprint density at radius 3 is 2.50 bits per heavy atom. The minimum Gasteiger partial charge on any atom is -0.497 e. The summed E-state index contributed by atoms with van der Waals surface area (Å²) in [5.41, 5.74) is 0.681. The quantitative estimate of drug-likeness (QED) is 0.812. The second kappa shape index (κ2) is 7.24. The predicted molar refractivity (Wildman–Crippen MR) is 70.2 cm³/mol. The summed E-state index contributed by atoms with van der Waals surface area (Å²) >= 11 is 0. The van der Waals surface area contributed by atoms with Gasteiger partial charge in [-0.15, -0.1) is 0 Å². The van der Waals surface area contributed by atoms with E-state index >= 15 is 0 Å². The minimum absolute atomic E-state index is 0.135. The molecule has 0 saturated heterocycles. The van der Waals surface area contributed by atoms with Crippen molar-refractivity contribution >= 4 is 0 Å². The van der Waals surface area contributed by atoms with Crippen LogP contribution in [-0.2, 0) is 4.74 Å². The van der Waals surface area contributed by atoms with E-state index in [0.717, 1.165) is 6.42 Å². The van der Waals surface area contributed by atoms with Crippen LogP contribution in [0, 0.1) is 0 Å². The standard InChI is InChI=1S/C14H22O4/c1-5-10(2)18-9-13(15)12-8-11(16-3)6-7-14(12)17-4/h6-8,10,13,15H,5,9H2,1-4H3. The third kappa shape index (κ3) is 3.89. The van der Waals surface area contributed by atoms with Crippen LogP contribution in [0.2, 0.25) is 0 Å². The lowest BCUT2D eigenvalue weighted by Gasteiger charge is -2.18. The SMILES string of the molecule is CCC(C)OCC(O)c1cc(OC)ccc1OC. The van der Waals surface area contributed by atoms with E-state index in [9.17, 15) is 5.11 Å². The van der Waals surface area contributed by atoms with Crippen molar-refractivity contribution in [3.63, 3.8) is 0 Å². The molecule has 4 heteroatoms. The maximum Gasteiger partial charge on any atom is 0.125 e. The molecule has 0 bridgehead atoms. The van der Waals surface area contributed by atoms with Gasteiger partial charge in [-0.25, -0.2) is 0 Å². The highest BCUT2D eigenvalue weighted by Crippen LogP contribution is 2.29. The molecule has 0 heterocycles. The summed E-state index contributed by atoms with van der Waals surface area (Å²) in [5, 5.41) is 10.1. The van der Waals surface area contributed by atoms with Crippen LogP contribution in [0.4, 0.5) is 0 Å². The van der Waals surface area contributed by atoms with Crippen LogP contribution in [0.3, 0.4) is 0 Å². The van der Waals surface area contributed by atoms with Crippen LogP contribution in [0.1, 0.15) is 31.9 Å². The van der Waals surface area contributed by atoms with Gasteiger partial charge in [0.05, 0.1) is 26.9 Å². The summed E-state index contributed by atoms with van der Waals surface area (Å²) in [5.74, 6) is 1.32. The molecule has 0 aromatic heterocycles. The zero-order valence-corrected chi connectivity index (χ0v) is 11.5. The molecule has 0 aliphatic heterocycles. The summed E-state index contributed by atoms with van der Waals surface area (Å²) in [6, 6.07) is 5.34. The zero-order valence-electron chi connectivity index (χ0n) is 11.5. The Balaban J connectivity index is 2.78. The Kier molecular flexibility index (Phi) is 5.95. The van der Waals surface area contributed by atoms with Gasteiger partial charge >= 0.3 is 0 Å². The number of benzene rings is 1. The summed E-state index contributed by atoms with van der Waals surface area (Å²) in [4.78, 5) is 0. The monoisotopic (exact) mass is 254 g/mol. The smallest absolute Gasteiger partial charge is 0.125 e. The fourth-order valence-corrected chi connectivity index (χ4v) is 1.56. The Labute approximate surface area is 108 Å². The van der Waals surface area contributed by atoms with Gasteiger partial charge in [0.25, 0.3) is 0 Å². The molecule has 1 aromatic carbocycles. The van der Waals surface area contributed by atoms with Crippen molar-refractivity contribution in [2.24, 2.45) is 0 Å². The van der Waals surface area contributed by atoms with Crippen molar-refractivity contribution < 1.29 is 19.3 Å². The van der Waals surface area contributed by atoms with Crippen molar-refractivity contribution in [2.75, 3.05) is 20.8 Å². The summed E-state index contributed by atoms with van der Waals surface area (Å²) in [6.07, 6.45) is 0.336. The van der Waals surface area contributed by atoms with Gasteiger partial charge < -0.3 is 19.3 Å². The van der Waals surface area contributed by atoms with Gasteiger partial charge in [-0.1, -0.05) is 6.92 Å². The van der Waals surface area contributed by atoms with E-state index in [1.807, 2.05) is 13.8 Å². The van der Waals surface area contributed by atoms with Crippen molar-refractivity contribution in [3.05, 3.63) is 23.8 Å². The van der Waals surface area contributed by atoms with Gasteiger partial charge in [-0.3, -0.25) is 0 Å². The molecule has 0 radical (unpaired) electrons. The molecular formula is C14H22O4. The van der Waals surface area contributed by atoms with Gasteiger partial charge in [0.1, 0.15) is 17.6 Å². The second-order valence-electron chi connectivity index (χ2n) is 4.18. The number of hydrogen-bond acceptors (Lipinski definition) is 4. The van der Waals surface area contributed by atoms with E-state index < -0.39 is 6.10 Å². The lowest BCUT2D eigenvalue weighted by molar-refractivity contribution is -0.00456. The topological polar surface area (TPSA) is 47.9 Å². The average molecular weight is 254 g/mol. The van der Waals surface area contributed by atoms with Crippen LogP contribution >= 0.6 is 0 Å². The molecule has 1 N–H and O–H groups in total. The first kappa shape index (κ1) is 14.8. The van der Waals surface area contributed by atoms with Gasteiger partial charge in [0, 0.05) is 5.56 Å².